The molecule has 0 unspecified atom stereocenters. The molecular weight excluding hydrogens is 271 g/mol. The van der Waals surface area contributed by atoms with Crippen LogP contribution in [0.5, 0.6) is 0 Å². The van der Waals surface area contributed by atoms with Crippen molar-refractivity contribution < 1.29 is 0 Å². The Labute approximate surface area is 94.2 Å². The minimum atomic E-state index is 1.20. The van der Waals surface area contributed by atoms with Gasteiger partial charge in [-0.2, -0.15) is 0 Å². The summed E-state index contributed by atoms with van der Waals surface area (Å²) in [5, 5.41) is 0. The van der Waals surface area contributed by atoms with E-state index in [0.29, 0.717) is 0 Å². The smallest absolute Gasteiger partial charge is 0.0202 e. The lowest BCUT2D eigenvalue weighted by molar-refractivity contribution is 0.816. The summed E-state index contributed by atoms with van der Waals surface area (Å²) in [6, 6.07) is 8.46. The van der Waals surface area contributed by atoms with Gasteiger partial charge in [0.2, 0.25) is 0 Å². The van der Waals surface area contributed by atoms with E-state index in [4.69, 9.17) is 0 Å². The second kappa shape index (κ2) is 6.19. The van der Waals surface area contributed by atoms with E-state index in [0.717, 1.165) is 0 Å². The quantitative estimate of drug-likeness (QED) is 0.565. The number of hydrogen-bond donors (Lipinski definition) is 0. The van der Waals surface area contributed by atoms with Gasteiger partial charge >= 0.3 is 0 Å². The maximum absolute atomic E-state index is 2.37. The molecule has 0 aliphatic rings. The Bertz CT molecular complexity index is 276. The monoisotopic (exact) mass is 286 g/mol. The van der Waals surface area contributed by atoms with Crippen molar-refractivity contribution in [1.82, 2.24) is 0 Å². The van der Waals surface area contributed by atoms with Crippen LogP contribution in [-0.4, -0.2) is 0 Å². The normalized spacial score (nSPS) is 10.9. The fourth-order valence-corrected chi connectivity index (χ4v) is 1.71. The molecule has 70 valence electrons. The van der Waals surface area contributed by atoms with E-state index < -0.39 is 0 Å². The molecule has 0 N–H and O–H groups in total. The van der Waals surface area contributed by atoms with Gasteiger partial charge in [0.25, 0.3) is 0 Å². The van der Waals surface area contributed by atoms with E-state index in [1.54, 1.807) is 0 Å². The molecule has 1 aromatic rings. The SMILES string of the molecule is CCCC/C=C\c1ccccc1I. The first-order valence-corrected chi connectivity index (χ1v) is 5.83. The fraction of sp³-hybridized carbons (Fsp3) is 0.333. The predicted octanol–water partition coefficient (Wildman–Crippen LogP) is 4.49. The lowest BCUT2D eigenvalue weighted by atomic mass is 10.2. The standard InChI is InChI=1S/C12H15I/c1-2-3-4-5-8-11-9-6-7-10-12(11)13/h5-10H,2-4H2,1H3/b8-5-. The Morgan fingerprint density at radius 3 is 2.77 bits per heavy atom. The summed E-state index contributed by atoms with van der Waals surface area (Å²) in [5.74, 6) is 0. The minimum Gasteiger partial charge on any atom is -0.0839 e. The van der Waals surface area contributed by atoms with Gasteiger partial charge in [0.1, 0.15) is 0 Å². The Hall–Kier alpha value is -0.310. The third-order valence-corrected chi connectivity index (χ3v) is 2.91. The largest absolute Gasteiger partial charge is 0.0839 e. The van der Waals surface area contributed by atoms with E-state index in [9.17, 15) is 0 Å². The lowest BCUT2D eigenvalue weighted by Gasteiger charge is -1.96. The van der Waals surface area contributed by atoms with Crippen molar-refractivity contribution >= 4 is 28.7 Å². The third-order valence-electron chi connectivity index (χ3n) is 1.93. The number of allylic oxidation sites excluding steroid dienone is 1. The molecule has 1 heteroatoms. The van der Waals surface area contributed by atoms with Crippen molar-refractivity contribution in [2.45, 2.75) is 26.2 Å². The van der Waals surface area contributed by atoms with Gasteiger partial charge in [-0.05, 0) is 40.6 Å². The molecule has 1 aromatic carbocycles. The van der Waals surface area contributed by atoms with Gasteiger partial charge in [0.15, 0.2) is 0 Å². The summed E-state index contributed by atoms with van der Waals surface area (Å²) in [4.78, 5) is 0. The molecule has 0 amide bonds. The molecule has 1 rings (SSSR count). The molecule has 13 heavy (non-hydrogen) atoms. The van der Waals surface area contributed by atoms with Crippen molar-refractivity contribution in [2.75, 3.05) is 0 Å². The maximum atomic E-state index is 2.37. The van der Waals surface area contributed by atoms with Gasteiger partial charge in [-0.25, -0.2) is 0 Å². The van der Waals surface area contributed by atoms with Gasteiger partial charge in [-0.15, -0.1) is 0 Å². The minimum absolute atomic E-state index is 1.20. The highest BCUT2D eigenvalue weighted by Crippen LogP contribution is 2.13. The first-order chi connectivity index (χ1) is 6.34. The predicted molar refractivity (Wildman–Crippen MR) is 67.7 cm³/mol. The Morgan fingerprint density at radius 2 is 2.08 bits per heavy atom. The van der Waals surface area contributed by atoms with Crippen molar-refractivity contribution in [3.8, 4) is 0 Å². The zero-order chi connectivity index (χ0) is 9.52. The molecule has 0 saturated heterocycles. The van der Waals surface area contributed by atoms with Crippen LogP contribution in [0.3, 0.4) is 0 Å². The first kappa shape index (κ1) is 10.8. The van der Waals surface area contributed by atoms with Crippen LogP contribution in [0.1, 0.15) is 31.7 Å². The summed E-state index contributed by atoms with van der Waals surface area (Å²) in [5.41, 5.74) is 1.33. The molecule has 0 aromatic heterocycles. The average molecular weight is 286 g/mol. The molecule has 0 aliphatic heterocycles. The zero-order valence-electron chi connectivity index (χ0n) is 7.96. The van der Waals surface area contributed by atoms with Gasteiger partial charge in [0, 0.05) is 3.57 Å². The highest BCUT2D eigenvalue weighted by atomic mass is 127. The number of halogens is 1. The molecule has 0 bridgehead atoms. The zero-order valence-corrected chi connectivity index (χ0v) is 10.1. The molecule has 0 atom stereocenters. The summed E-state index contributed by atoms with van der Waals surface area (Å²) in [6.45, 7) is 2.22. The van der Waals surface area contributed by atoms with Crippen molar-refractivity contribution in [1.29, 1.82) is 0 Å². The topological polar surface area (TPSA) is 0 Å². The Morgan fingerprint density at radius 1 is 1.31 bits per heavy atom. The molecule has 0 aliphatic carbocycles. The molecule has 0 nitrogen and oxygen atoms in total. The van der Waals surface area contributed by atoms with Crippen LogP contribution in [0.4, 0.5) is 0 Å². The van der Waals surface area contributed by atoms with Crippen LogP contribution in [0.2, 0.25) is 0 Å². The van der Waals surface area contributed by atoms with E-state index in [-0.39, 0.29) is 0 Å². The van der Waals surface area contributed by atoms with E-state index in [1.807, 2.05) is 0 Å². The van der Waals surface area contributed by atoms with Crippen LogP contribution in [-0.2, 0) is 0 Å². The molecule has 0 saturated carbocycles. The fourth-order valence-electron chi connectivity index (χ4n) is 1.14. The van der Waals surface area contributed by atoms with E-state index in [1.165, 1.54) is 28.4 Å². The van der Waals surface area contributed by atoms with Crippen LogP contribution in [0.25, 0.3) is 6.08 Å². The lowest BCUT2D eigenvalue weighted by Crippen LogP contribution is -1.77. The Balaban J connectivity index is 2.53. The molecule has 0 spiro atoms. The van der Waals surface area contributed by atoms with Crippen molar-refractivity contribution in [2.24, 2.45) is 0 Å². The average Bonchev–Trinajstić information content (AvgIpc) is 2.15. The summed E-state index contributed by atoms with van der Waals surface area (Å²) in [7, 11) is 0. The van der Waals surface area contributed by atoms with E-state index in [2.05, 4.69) is 65.9 Å². The summed E-state index contributed by atoms with van der Waals surface area (Å²) >= 11 is 2.37. The third kappa shape index (κ3) is 3.94. The maximum Gasteiger partial charge on any atom is 0.0202 e. The Kier molecular flexibility index (Phi) is 5.13. The number of rotatable bonds is 4. The highest BCUT2D eigenvalue weighted by Gasteiger charge is 1.91. The number of unbranched alkanes of at least 4 members (excludes halogenated alkanes) is 2. The van der Waals surface area contributed by atoms with E-state index >= 15 is 0 Å². The number of benzene rings is 1. The molecule has 0 fully saturated rings. The van der Waals surface area contributed by atoms with Gasteiger partial charge in [0.05, 0.1) is 0 Å². The molecule has 0 radical (unpaired) electrons. The number of hydrogen-bond acceptors (Lipinski definition) is 0. The van der Waals surface area contributed by atoms with Gasteiger partial charge in [-0.1, -0.05) is 50.1 Å². The van der Waals surface area contributed by atoms with Crippen LogP contribution in [0.15, 0.2) is 30.3 Å². The molecular formula is C12H15I. The van der Waals surface area contributed by atoms with Crippen molar-refractivity contribution in [3.05, 3.63) is 39.5 Å². The van der Waals surface area contributed by atoms with Crippen LogP contribution < -0.4 is 0 Å². The summed E-state index contributed by atoms with van der Waals surface area (Å²) < 4.78 is 1.33. The second-order valence-electron chi connectivity index (χ2n) is 3.07. The van der Waals surface area contributed by atoms with Crippen LogP contribution >= 0.6 is 22.6 Å². The second-order valence-corrected chi connectivity index (χ2v) is 4.23. The first-order valence-electron chi connectivity index (χ1n) is 4.75. The van der Waals surface area contributed by atoms with Crippen LogP contribution in [0, 0.1) is 3.57 Å². The highest BCUT2D eigenvalue weighted by molar-refractivity contribution is 14.1. The molecule has 0 heterocycles. The van der Waals surface area contributed by atoms with Gasteiger partial charge in [-0.3, -0.25) is 0 Å². The van der Waals surface area contributed by atoms with Gasteiger partial charge < -0.3 is 0 Å². The van der Waals surface area contributed by atoms with Crippen molar-refractivity contribution in [3.63, 3.8) is 0 Å². The summed E-state index contributed by atoms with van der Waals surface area (Å²) in [6.07, 6.45) is 8.25.